The molecule has 1 unspecified atom stereocenters. The molecular formula is C12H17N3O2. The minimum Gasteiger partial charge on any atom is -0.323 e. The van der Waals surface area contributed by atoms with Crippen LogP contribution in [0.25, 0.3) is 0 Å². The van der Waals surface area contributed by atoms with E-state index in [9.17, 15) is 9.59 Å². The molecule has 5 nitrogen and oxygen atoms in total. The van der Waals surface area contributed by atoms with Crippen molar-refractivity contribution in [1.29, 1.82) is 0 Å². The van der Waals surface area contributed by atoms with Gasteiger partial charge in [0.2, 0.25) is 5.91 Å². The molecule has 1 aliphatic heterocycles. The van der Waals surface area contributed by atoms with Gasteiger partial charge in [-0.2, -0.15) is 0 Å². The number of amides is 1. The Bertz CT molecular complexity index is 487. The number of pyridine rings is 1. The van der Waals surface area contributed by atoms with Crippen LogP contribution in [-0.2, 0) is 11.8 Å². The summed E-state index contributed by atoms with van der Waals surface area (Å²) in [4.78, 5) is 23.3. The predicted molar refractivity (Wildman–Crippen MR) is 66.1 cm³/mol. The Balaban J connectivity index is 2.15. The lowest BCUT2D eigenvalue weighted by molar-refractivity contribution is -0.117. The fourth-order valence-corrected chi connectivity index (χ4v) is 1.98. The minimum absolute atomic E-state index is 0.0238. The van der Waals surface area contributed by atoms with Crippen molar-refractivity contribution in [2.24, 2.45) is 7.05 Å². The van der Waals surface area contributed by atoms with Gasteiger partial charge in [0.25, 0.3) is 5.56 Å². The summed E-state index contributed by atoms with van der Waals surface area (Å²) in [6, 6.07) is 1.42. The fraction of sp³-hybridized carbons (Fsp3) is 0.500. The lowest BCUT2D eigenvalue weighted by Gasteiger charge is -2.13. The van der Waals surface area contributed by atoms with Crippen LogP contribution in [0.3, 0.4) is 0 Å². The van der Waals surface area contributed by atoms with E-state index in [1.807, 2.05) is 6.92 Å². The minimum atomic E-state index is -0.105. The SMILES string of the molecule is Cc1cc(=O)n(C)cc1NC(=O)C1CCCN1. The first-order chi connectivity index (χ1) is 8.08. The van der Waals surface area contributed by atoms with E-state index < -0.39 is 0 Å². The molecule has 1 amide bonds. The molecule has 1 atom stereocenters. The monoisotopic (exact) mass is 235 g/mol. The van der Waals surface area contributed by atoms with E-state index in [-0.39, 0.29) is 17.5 Å². The summed E-state index contributed by atoms with van der Waals surface area (Å²) in [7, 11) is 1.67. The van der Waals surface area contributed by atoms with E-state index in [0.29, 0.717) is 5.69 Å². The summed E-state index contributed by atoms with van der Waals surface area (Å²) in [6.45, 7) is 2.71. The Kier molecular flexibility index (Phi) is 3.28. The first-order valence-corrected chi connectivity index (χ1v) is 5.79. The van der Waals surface area contributed by atoms with Crippen LogP contribution >= 0.6 is 0 Å². The third-order valence-electron chi connectivity index (χ3n) is 3.07. The molecule has 1 saturated heterocycles. The number of rotatable bonds is 2. The summed E-state index contributed by atoms with van der Waals surface area (Å²) in [5.74, 6) is -0.0238. The number of carbonyl (C=O) groups is 1. The number of aromatic nitrogens is 1. The standard InChI is InChI=1S/C12H17N3O2/c1-8-6-11(16)15(2)7-10(8)14-12(17)9-4-3-5-13-9/h6-7,9,13H,3-5H2,1-2H3,(H,14,17). The number of hydrogen-bond donors (Lipinski definition) is 2. The Morgan fingerprint density at radius 3 is 3.00 bits per heavy atom. The Labute approximate surface area is 99.8 Å². The second-order valence-corrected chi connectivity index (χ2v) is 4.46. The largest absolute Gasteiger partial charge is 0.323 e. The van der Waals surface area contributed by atoms with Crippen molar-refractivity contribution in [3.05, 3.63) is 28.2 Å². The van der Waals surface area contributed by atoms with Crippen molar-refractivity contribution in [1.82, 2.24) is 9.88 Å². The highest BCUT2D eigenvalue weighted by Gasteiger charge is 2.22. The van der Waals surface area contributed by atoms with Crippen LogP contribution in [0.5, 0.6) is 0 Å². The molecule has 0 aromatic carbocycles. The smallest absolute Gasteiger partial charge is 0.250 e. The number of anilines is 1. The van der Waals surface area contributed by atoms with Crippen molar-refractivity contribution in [2.75, 3.05) is 11.9 Å². The zero-order chi connectivity index (χ0) is 12.4. The molecule has 1 aliphatic rings. The van der Waals surface area contributed by atoms with Crippen LogP contribution in [0.15, 0.2) is 17.1 Å². The van der Waals surface area contributed by atoms with E-state index in [2.05, 4.69) is 10.6 Å². The molecule has 0 bridgehead atoms. The second kappa shape index (κ2) is 4.71. The van der Waals surface area contributed by atoms with Crippen LogP contribution in [-0.4, -0.2) is 23.1 Å². The Hall–Kier alpha value is -1.62. The van der Waals surface area contributed by atoms with Gasteiger partial charge in [-0.05, 0) is 31.9 Å². The third-order valence-corrected chi connectivity index (χ3v) is 3.07. The summed E-state index contributed by atoms with van der Waals surface area (Å²) >= 11 is 0. The number of nitrogens with zero attached hydrogens (tertiary/aromatic N) is 1. The molecule has 17 heavy (non-hydrogen) atoms. The molecule has 2 rings (SSSR count). The average molecular weight is 235 g/mol. The summed E-state index contributed by atoms with van der Waals surface area (Å²) < 4.78 is 1.46. The molecule has 2 N–H and O–H groups in total. The zero-order valence-corrected chi connectivity index (χ0v) is 10.1. The van der Waals surface area contributed by atoms with Crippen LogP contribution < -0.4 is 16.2 Å². The summed E-state index contributed by atoms with van der Waals surface area (Å²) in [6.07, 6.45) is 3.56. The van der Waals surface area contributed by atoms with Gasteiger partial charge in [0.15, 0.2) is 0 Å². The number of nitrogens with one attached hydrogen (secondary N) is 2. The normalized spacial score (nSPS) is 19.3. The molecule has 0 aliphatic carbocycles. The van der Waals surface area contributed by atoms with Gasteiger partial charge >= 0.3 is 0 Å². The highest BCUT2D eigenvalue weighted by atomic mass is 16.2. The molecule has 0 radical (unpaired) electrons. The second-order valence-electron chi connectivity index (χ2n) is 4.46. The van der Waals surface area contributed by atoms with E-state index >= 15 is 0 Å². The fourth-order valence-electron chi connectivity index (χ4n) is 1.98. The molecule has 5 heteroatoms. The lowest BCUT2D eigenvalue weighted by atomic mass is 10.2. The maximum absolute atomic E-state index is 11.9. The van der Waals surface area contributed by atoms with Crippen LogP contribution in [0.4, 0.5) is 5.69 Å². The van der Waals surface area contributed by atoms with Crippen molar-refractivity contribution in [3.63, 3.8) is 0 Å². The molecule has 1 aromatic rings. The Morgan fingerprint density at radius 1 is 1.59 bits per heavy atom. The van der Waals surface area contributed by atoms with E-state index in [1.54, 1.807) is 13.2 Å². The molecule has 1 fully saturated rings. The summed E-state index contributed by atoms with van der Waals surface area (Å²) in [5, 5.41) is 6.00. The van der Waals surface area contributed by atoms with E-state index in [4.69, 9.17) is 0 Å². The molecule has 1 aromatic heterocycles. The molecule has 2 heterocycles. The highest BCUT2D eigenvalue weighted by Crippen LogP contribution is 2.13. The highest BCUT2D eigenvalue weighted by molar-refractivity contribution is 5.95. The van der Waals surface area contributed by atoms with Crippen LogP contribution in [0.1, 0.15) is 18.4 Å². The van der Waals surface area contributed by atoms with Gasteiger partial charge in [-0.15, -0.1) is 0 Å². The van der Waals surface area contributed by atoms with Crippen LogP contribution in [0, 0.1) is 6.92 Å². The maximum Gasteiger partial charge on any atom is 0.250 e. The van der Waals surface area contributed by atoms with Gasteiger partial charge in [-0.25, -0.2) is 0 Å². The number of carbonyl (C=O) groups excluding carboxylic acids is 1. The van der Waals surface area contributed by atoms with Crippen LogP contribution in [0.2, 0.25) is 0 Å². The topological polar surface area (TPSA) is 63.1 Å². The van der Waals surface area contributed by atoms with Gasteiger partial charge in [0.1, 0.15) is 0 Å². The van der Waals surface area contributed by atoms with Crippen molar-refractivity contribution in [2.45, 2.75) is 25.8 Å². The van der Waals surface area contributed by atoms with E-state index in [1.165, 1.54) is 10.6 Å². The van der Waals surface area contributed by atoms with Crippen molar-refractivity contribution in [3.8, 4) is 0 Å². The van der Waals surface area contributed by atoms with Gasteiger partial charge in [-0.1, -0.05) is 0 Å². The number of aryl methyl sites for hydroxylation is 2. The van der Waals surface area contributed by atoms with Gasteiger partial charge in [0, 0.05) is 19.3 Å². The molecule has 92 valence electrons. The lowest BCUT2D eigenvalue weighted by Crippen LogP contribution is -2.36. The molecule has 0 spiro atoms. The number of hydrogen-bond acceptors (Lipinski definition) is 3. The quantitative estimate of drug-likeness (QED) is 0.779. The third kappa shape index (κ3) is 2.55. The van der Waals surface area contributed by atoms with Crippen molar-refractivity contribution >= 4 is 11.6 Å². The van der Waals surface area contributed by atoms with Gasteiger partial charge in [0.05, 0.1) is 11.7 Å². The summed E-state index contributed by atoms with van der Waals surface area (Å²) in [5.41, 5.74) is 1.42. The predicted octanol–water partition coefficient (Wildman–Crippen LogP) is 0.384. The maximum atomic E-state index is 11.9. The Morgan fingerprint density at radius 2 is 2.35 bits per heavy atom. The first-order valence-electron chi connectivity index (χ1n) is 5.79. The first kappa shape index (κ1) is 11.9. The van der Waals surface area contributed by atoms with Gasteiger partial charge in [-0.3, -0.25) is 9.59 Å². The van der Waals surface area contributed by atoms with Crippen molar-refractivity contribution < 1.29 is 4.79 Å². The van der Waals surface area contributed by atoms with E-state index in [0.717, 1.165) is 24.9 Å². The average Bonchev–Trinajstić information content (AvgIpc) is 2.79. The molecule has 0 saturated carbocycles. The van der Waals surface area contributed by atoms with Gasteiger partial charge < -0.3 is 15.2 Å². The zero-order valence-electron chi connectivity index (χ0n) is 10.1. The molecular weight excluding hydrogens is 218 g/mol.